The van der Waals surface area contributed by atoms with Crippen LogP contribution in [0.1, 0.15) is 51.2 Å². The van der Waals surface area contributed by atoms with Crippen LogP contribution in [0.4, 0.5) is 0 Å². The Morgan fingerprint density at radius 2 is 2.05 bits per heavy atom. The first-order valence-electron chi connectivity index (χ1n) is 7.24. The Labute approximate surface area is 124 Å². The highest BCUT2D eigenvalue weighted by molar-refractivity contribution is 9.10. The first-order chi connectivity index (χ1) is 9.08. The maximum absolute atomic E-state index is 6.36. The molecule has 4 atom stereocenters. The van der Waals surface area contributed by atoms with Crippen LogP contribution in [0.5, 0.6) is 0 Å². The Hall–Kier alpha value is -0.380. The quantitative estimate of drug-likeness (QED) is 0.888. The zero-order valence-electron chi connectivity index (χ0n) is 11.8. The second-order valence-electron chi connectivity index (χ2n) is 5.77. The predicted molar refractivity (Wildman–Crippen MR) is 83.0 cm³/mol. The van der Waals surface area contributed by atoms with E-state index in [0.29, 0.717) is 12.0 Å². The van der Waals surface area contributed by atoms with Crippen molar-refractivity contribution in [3.8, 4) is 0 Å². The first kappa shape index (κ1) is 15.0. The van der Waals surface area contributed by atoms with Crippen molar-refractivity contribution >= 4 is 15.9 Å². The second kappa shape index (κ2) is 6.87. The summed E-state index contributed by atoms with van der Waals surface area (Å²) < 4.78 is 7.44. The van der Waals surface area contributed by atoms with Gasteiger partial charge in [0.2, 0.25) is 0 Å². The second-order valence-corrected chi connectivity index (χ2v) is 6.69. The van der Waals surface area contributed by atoms with Gasteiger partial charge in [-0.15, -0.1) is 0 Å². The van der Waals surface area contributed by atoms with E-state index in [1.54, 1.807) is 0 Å². The molecular formula is C16H24BrNO. The lowest BCUT2D eigenvalue weighted by Gasteiger charge is -2.34. The zero-order chi connectivity index (χ0) is 13.8. The van der Waals surface area contributed by atoms with Crippen molar-refractivity contribution in [2.24, 2.45) is 11.7 Å². The molecule has 4 unspecified atom stereocenters. The molecule has 0 aliphatic heterocycles. The molecule has 0 amide bonds. The molecule has 1 aromatic carbocycles. The summed E-state index contributed by atoms with van der Waals surface area (Å²) in [6.45, 7) is 4.32. The zero-order valence-corrected chi connectivity index (χ0v) is 13.4. The van der Waals surface area contributed by atoms with Crippen LogP contribution in [0.3, 0.4) is 0 Å². The van der Waals surface area contributed by atoms with Crippen LogP contribution >= 0.6 is 15.9 Å². The summed E-state index contributed by atoms with van der Waals surface area (Å²) in [5, 5.41) is 0. The Balaban J connectivity index is 2.12. The Kier molecular flexibility index (Phi) is 5.43. The lowest BCUT2D eigenvalue weighted by atomic mass is 9.87. The topological polar surface area (TPSA) is 35.2 Å². The number of ether oxygens (including phenoxy) is 1. The van der Waals surface area contributed by atoms with E-state index < -0.39 is 0 Å². The lowest BCUT2D eigenvalue weighted by molar-refractivity contribution is -0.0652. The SMILES string of the molecule is CC(N)C(OC1CCCCC1C)c1cccc(Br)c1. The van der Waals surface area contributed by atoms with Crippen LogP contribution < -0.4 is 5.73 Å². The molecule has 0 aromatic heterocycles. The highest BCUT2D eigenvalue weighted by atomic mass is 79.9. The van der Waals surface area contributed by atoms with Crippen molar-refractivity contribution < 1.29 is 4.74 Å². The highest BCUT2D eigenvalue weighted by Crippen LogP contribution is 2.32. The molecule has 0 saturated heterocycles. The molecule has 19 heavy (non-hydrogen) atoms. The minimum atomic E-state index is -0.0111. The molecule has 0 radical (unpaired) electrons. The lowest BCUT2D eigenvalue weighted by Crippen LogP contribution is -2.34. The van der Waals surface area contributed by atoms with E-state index in [9.17, 15) is 0 Å². The molecule has 1 fully saturated rings. The molecule has 0 bridgehead atoms. The van der Waals surface area contributed by atoms with E-state index in [-0.39, 0.29) is 12.1 Å². The summed E-state index contributed by atoms with van der Waals surface area (Å²) in [5.74, 6) is 0.641. The smallest absolute Gasteiger partial charge is 0.0977 e. The van der Waals surface area contributed by atoms with Crippen LogP contribution in [-0.4, -0.2) is 12.1 Å². The fraction of sp³-hybridized carbons (Fsp3) is 0.625. The third-order valence-electron chi connectivity index (χ3n) is 4.01. The number of hydrogen-bond donors (Lipinski definition) is 1. The van der Waals surface area contributed by atoms with Gasteiger partial charge < -0.3 is 10.5 Å². The summed E-state index contributed by atoms with van der Waals surface area (Å²) in [6.07, 6.45) is 5.39. The van der Waals surface area contributed by atoms with Gasteiger partial charge in [0.05, 0.1) is 12.2 Å². The van der Waals surface area contributed by atoms with Gasteiger partial charge in [0.1, 0.15) is 0 Å². The summed E-state index contributed by atoms with van der Waals surface area (Å²) in [7, 11) is 0. The molecule has 2 N–H and O–H groups in total. The van der Waals surface area contributed by atoms with E-state index >= 15 is 0 Å². The van der Waals surface area contributed by atoms with Crippen LogP contribution in [0.2, 0.25) is 0 Å². The number of halogens is 1. The van der Waals surface area contributed by atoms with Crippen molar-refractivity contribution in [2.45, 2.75) is 57.8 Å². The van der Waals surface area contributed by atoms with E-state index in [1.807, 2.05) is 19.1 Å². The average Bonchev–Trinajstić information content (AvgIpc) is 2.37. The molecule has 3 heteroatoms. The first-order valence-corrected chi connectivity index (χ1v) is 8.03. The molecule has 1 aliphatic rings. The largest absolute Gasteiger partial charge is 0.368 e. The monoisotopic (exact) mass is 325 g/mol. The number of rotatable bonds is 4. The summed E-state index contributed by atoms with van der Waals surface area (Å²) in [6, 6.07) is 8.30. The minimum Gasteiger partial charge on any atom is -0.368 e. The number of hydrogen-bond acceptors (Lipinski definition) is 2. The van der Waals surface area contributed by atoms with Gasteiger partial charge in [-0.1, -0.05) is 47.8 Å². The van der Waals surface area contributed by atoms with Crippen molar-refractivity contribution in [1.29, 1.82) is 0 Å². The molecule has 0 heterocycles. The van der Waals surface area contributed by atoms with Gasteiger partial charge >= 0.3 is 0 Å². The normalized spacial score (nSPS) is 26.9. The van der Waals surface area contributed by atoms with Gasteiger partial charge in [0.25, 0.3) is 0 Å². The maximum atomic E-state index is 6.36. The van der Waals surface area contributed by atoms with Gasteiger partial charge in [-0.3, -0.25) is 0 Å². The molecule has 1 aromatic rings. The van der Waals surface area contributed by atoms with E-state index in [0.717, 1.165) is 4.47 Å². The van der Waals surface area contributed by atoms with E-state index in [2.05, 4.69) is 35.0 Å². The average molecular weight is 326 g/mol. The molecule has 1 saturated carbocycles. The highest BCUT2D eigenvalue weighted by Gasteiger charge is 2.27. The van der Waals surface area contributed by atoms with Gasteiger partial charge in [0.15, 0.2) is 0 Å². The van der Waals surface area contributed by atoms with Crippen LogP contribution in [-0.2, 0) is 4.74 Å². The molecule has 106 valence electrons. The Morgan fingerprint density at radius 1 is 1.32 bits per heavy atom. The molecule has 1 aliphatic carbocycles. The van der Waals surface area contributed by atoms with Crippen LogP contribution in [0.15, 0.2) is 28.7 Å². The van der Waals surface area contributed by atoms with Crippen molar-refractivity contribution in [1.82, 2.24) is 0 Å². The summed E-state index contributed by atoms with van der Waals surface area (Å²) in [5.41, 5.74) is 7.31. The predicted octanol–water partition coefficient (Wildman–Crippen LogP) is 4.43. The summed E-state index contributed by atoms with van der Waals surface area (Å²) >= 11 is 3.52. The molecule has 2 nitrogen and oxygen atoms in total. The molecular weight excluding hydrogens is 302 g/mol. The summed E-state index contributed by atoms with van der Waals surface area (Å²) in [4.78, 5) is 0. The van der Waals surface area contributed by atoms with Gasteiger partial charge in [-0.2, -0.15) is 0 Å². The van der Waals surface area contributed by atoms with Crippen molar-refractivity contribution in [3.63, 3.8) is 0 Å². The Morgan fingerprint density at radius 3 is 2.68 bits per heavy atom. The van der Waals surface area contributed by atoms with Gasteiger partial charge in [-0.05, 0) is 43.4 Å². The fourth-order valence-electron chi connectivity index (χ4n) is 2.86. The van der Waals surface area contributed by atoms with Crippen LogP contribution in [0.25, 0.3) is 0 Å². The van der Waals surface area contributed by atoms with Crippen LogP contribution in [0, 0.1) is 5.92 Å². The Bertz CT molecular complexity index is 407. The van der Waals surface area contributed by atoms with E-state index in [4.69, 9.17) is 10.5 Å². The van der Waals surface area contributed by atoms with Crippen molar-refractivity contribution in [3.05, 3.63) is 34.3 Å². The third kappa shape index (κ3) is 4.04. The minimum absolute atomic E-state index is 0.00317. The molecule has 2 rings (SSSR count). The maximum Gasteiger partial charge on any atom is 0.0977 e. The fourth-order valence-corrected chi connectivity index (χ4v) is 3.28. The number of benzene rings is 1. The van der Waals surface area contributed by atoms with Crippen molar-refractivity contribution in [2.75, 3.05) is 0 Å². The van der Waals surface area contributed by atoms with Gasteiger partial charge in [-0.25, -0.2) is 0 Å². The standard InChI is InChI=1S/C16H24BrNO/c1-11-6-3-4-9-15(11)19-16(12(2)18)13-7-5-8-14(17)10-13/h5,7-8,10-12,15-16H,3-4,6,9,18H2,1-2H3. The third-order valence-corrected chi connectivity index (χ3v) is 4.50. The van der Waals surface area contributed by atoms with Gasteiger partial charge in [0, 0.05) is 10.5 Å². The molecule has 0 spiro atoms. The number of nitrogens with two attached hydrogens (primary N) is 1. The van der Waals surface area contributed by atoms with E-state index in [1.165, 1.54) is 31.2 Å².